The van der Waals surface area contributed by atoms with Crippen molar-refractivity contribution in [2.45, 2.75) is 25.5 Å². The van der Waals surface area contributed by atoms with Gasteiger partial charge in [-0.1, -0.05) is 0 Å². The lowest BCUT2D eigenvalue weighted by atomic mass is 10.1. The van der Waals surface area contributed by atoms with E-state index in [4.69, 9.17) is 20.7 Å². The van der Waals surface area contributed by atoms with Crippen molar-refractivity contribution in [3.63, 3.8) is 0 Å². The first kappa shape index (κ1) is 10.8. The van der Waals surface area contributed by atoms with Gasteiger partial charge in [-0.05, 0) is 13.8 Å². The molecule has 0 saturated carbocycles. The molecule has 0 aliphatic heterocycles. The summed E-state index contributed by atoms with van der Waals surface area (Å²) in [5.74, 6) is 0. The Morgan fingerprint density at radius 2 is 1.82 bits per heavy atom. The molecule has 0 heterocycles. The van der Waals surface area contributed by atoms with E-state index in [1.807, 2.05) is 13.8 Å². The van der Waals surface area contributed by atoms with Crippen LogP contribution in [-0.4, -0.2) is 41.7 Å². The lowest BCUT2D eigenvalue weighted by Crippen LogP contribution is -2.51. The monoisotopic (exact) mass is 163 g/mol. The Morgan fingerprint density at radius 1 is 1.36 bits per heavy atom. The molecule has 0 atom stereocenters. The molecule has 0 amide bonds. The predicted octanol–water partition coefficient (Wildman–Crippen LogP) is -0.906. The van der Waals surface area contributed by atoms with E-state index >= 15 is 0 Å². The first-order chi connectivity index (χ1) is 5.04. The van der Waals surface area contributed by atoms with Crippen LogP contribution >= 0.6 is 0 Å². The summed E-state index contributed by atoms with van der Waals surface area (Å²) in [4.78, 5) is 0. The Bertz CT molecular complexity index is 102. The molecule has 0 spiro atoms. The zero-order valence-electron chi connectivity index (χ0n) is 7.08. The van der Waals surface area contributed by atoms with E-state index in [0.717, 1.165) is 0 Å². The highest BCUT2D eigenvalue weighted by Gasteiger charge is 2.23. The standard InChI is InChI=1S/C7H17NO3/c1-6(2)11-5-7(8,3-9)4-10/h6,9-10H,3-5,8H2,1-2H3. The summed E-state index contributed by atoms with van der Waals surface area (Å²) >= 11 is 0. The van der Waals surface area contributed by atoms with E-state index in [1.165, 1.54) is 0 Å². The maximum absolute atomic E-state index is 8.73. The van der Waals surface area contributed by atoms with Gasteiger partial charge in [0.1, 0.15) is 0 Å². The molecular formula is C7H17NO3. The number of hydrogen-bond donors (Lipinski definition) is 3. The molecule has 0 unspecified atom stereocenters. The van der Waals surface area contributed by atoms with Crippen LogP contribution in [0.3, 0.4) is 0 Å². The van der Waals surface area contributed by atoms with Crippen LogP contribution in [0.1, 0.15) is 13.8 Å². The fourth-order valence-corrected chi connectivity index (χ4v) is 0.474. The molecule has 0 rings (SSSR count). The van der Waals surface area contributed by atoms with Crippen LogP contribution in [0.15, 0.2) is 0 Å². The second kappa shape index (κ2) is 4.66. The lowest BCUT2D eigenvalue weighted by molar-refractivity contribution is -0.00129. The highest BCUT2D eigenvalue weighted by atomic mass is 16.5. The van der Waals surface area contributed by atoms with Crippen molar-refractivity contribution in [3.8, 4) is 0 Å². The van der Waals surface area contributed by atoms with E-state index in [1.54, 1.807) is 0 Å². The molecule has 0 aliphatic carbocycles. The summed E-state index contributed by atoms with van der Waals surface area (Å²) < 4.78 is 5.14. The van der Waals surface area contributed by atoms with Gasteiger partial charge < -0.3 is 20.7 Å². The highest BCUT2D eigenvalue weighted by molar-refractivity contribution is 4.82. The molecule has 0 aliphatic rings. The summed E-state index contributed by atoms with van der Waals surface area (Å²) in [6.45, 7) is 3.38. The summed E-state index contributed by atoms with van der Waals surface area (Å²) in [6, 6.07) is 0. The number of ether oxygens (including phenoxy) is 1. The Hall–Kier alpha value is -0.160. The third-order valence-corrected chi connectivity index (χ3v) is 1.33. The van der Waals surface area contributed by atoms with Crippen molar-refractivity contribution < 1.29 is 14.9 Å². The summed E-state index contributed by atoms with van der Waals surface area (Å²) in [5, 5.41) is 17.5. The third-order valence-electron chi connectivity index (χ3n) is 1.33. The molecule has 4 heteroatoms. The normalized spacial score (nSPS) is 12.5. The van der Waals surface area contributed by atoms with E-state index < -0.39 is 5.54 Å². The van der Waals surface area contributed by atoms with Crippen LogP contribution in [0, 0.1) is 0 Å². The average molecular weight is 163 g/mol. The minimum Gasteiger partial charge on any atom is -0.394 e. The van der Waals surface area contributed by atoms with E-state index in [2.05, 4.69) is 0 Å². The number of nitrogens with two attached hydrogens (primary N) is 1. The molecule has 68 valence electrons. The first-order valence-corrected chi connectivity index (χ1v) is 3.66. The van der Waals surface area contributed by atoms with E-state index in [0.29, 0.717) is 0 Å². The molecule has 4 N–H and O–H groups in total. The second-order valence-corrected chi connectivity index (χ2v) is 3.04. The number of aliphatic hydroxyl groups is 2. The van der Waals surface area contributed by atoms with Crippen LogP contribution < -0.4 is 5.73 Å². The molecule has 0 aromatic carbocycles. The Balaban J connectivity index is 3.69. The average Bonchev–Trinajstić information content (AvgIpc) is 2.00. The van der Waals surface area contributed by atoms with E-state index in [9.17, 15) is 0 Å². The van der Waals surface area contributed by atoms with Gasteiger partial charge >= 0.3 is 0 Å². The van der Waals surface area contributed by atoms with Gasteiger partial charge in [-0.2, -0.15) is 0 Å². The minimum absolute atomic E-state index is 0.0658. The quantitative estimate of drug-likeness (QED) is 0.490. The third kappa shape index (κ3) is 4.31. The van der Waals surface area contributed by atoms with Gasteiger partial charge in [-0.15, -0.1) is 0 Å². The fourth-order valence-electron chi connectivity index (χ4n) is 0.474. The number of aliphatic hydroxyl groups excluding tert-OH is 2. The van der Waals surface area contributed by atoms with Crippen LogP contribution in [0.4, 0.5) is 0 Å². The van der Waals surface area contributed by atoms with Crippen molar-refractivity contribution in [2.24, 2.45) is 5.73 Å². The summed E-state index contributed by atoms with van der Waals surface area (Å²) in [7, 11) is 0. The van der Waals surface area contributed by atoms with Crippen LogP contribution in [-0.2, 0) is 4.74 Å². The van der Waals surface area contributed by atoms with Crippen molar-refractivity contribution >= 4 is 0 Å². The molecule has 0 aromatic heterocycles. The van der Waals surface area contributed by atoms with Crippen molar-refractivity contribution in [2.75, 3.05) is 19.8 Å². The van der Waals surface area contributed by atoms with Gasteiger partial charge in [0.05, 0.1) is 31.5 Å². The summed E-state index contributed by atoms with van der Waals surface area (Å²) in [5.41, 5.74) is 4.52. The summed E-state index contributed by atoms with van der Waals surface area (Å²) in [6.07, 6.45) is 0.0658. The van der Waals surface area contributed by atoms with Gasteiger partial charge in [0.25, 0.3) is 0 Å². The molecule has 0 bridgehead atoms. The molecule has 11 heavy (non-hydrogen) atoms. The number of rotatable bonds is 5. The van der Waals surface area contributed by atoms with Crippen molar-refractivity contribution in [1.29, 1.82) is 0 Å². The molecule has 0 saturated heterocycles. The van der Waals surface area contributed by atoms with E-state index in [-0.39, 0.29) is 25.9 Å². The molecular weight excluding hydrogens is 146 g/mol. The van der Waals surface area contributed by atoms with Gasteiger partial charge in [-0.3, -0.25) is 0 Å². The van der Waals surface area contributed by atoms with Crippen LogP contribution in [0.25, 0.3) is 0 Å². The molecule has 0 fully saturated rings. The number of hydrogen-bond acceptors (Lipinski definition) is 4. The SMILES string of the molecule is CC(C)OCC(N)(CO)CO. The Labute approximate surface area is 67.0 Å². The smallest absolute Gasteiger partial charge is 0.0859 e. The van der Waals surface area contributed by atoms with Crippen LogP contribution in [0.5, 0.6) is 0 Å². The highest BCUT2D eigenvalue weighted by Crippen LogP contribution is 2.00. The second-order valence-electron chi connectivity index (χ2n) is 3.04. The zero-order valence-corrected chi connectivity index (χ0v) is 7.08. The van der Waals surface area contributed by atoms with Gasteiger partial charge in [0.2, 0.25) is 0 Å². The largest absolute Gasteiger partial charge is 0.394 e. The maximum atomic E-state index is 8.73. The van der Waals surface area contributed by atoms with Crippen molar-refractivity contribution in [1.82, 2.24) is 0 Å². The van der Waals surface area contributed by atoms with Gasteiger partial charge in [0, 0.05) is 0 Å². The maximum Gasteiger partial charge on any atom is 0.0859 e. The zero-order chi connectivity index (χ0) is 8.91. The van der Waals surface area contributed by atoms with Gasteiger partial charge in [-0.25, -0.2) is 0 Å². The molecule has 4 nitrogen and oxygen atoms in total. The topological polar surface area (TPSA) is 75.7 Å². The van der Waals surface area contributed by atoms with Crippen molar-refractivity contribution in [3.05, 3.63) is 0 Å². The predicted molar refractivity (Wildman–Crippen MR) is 42.2 cm³/mol. The van der Waals surface area contributed by atoms with Gasteiger partial charge in [0.15, 0.2) is 0 Å². The lowest BCUT2D eigenvalue weighted by Gasteiger charge is -2.25. The first-order valence-electron chi connectivity index (χ1n) is 3.66. The Morgan fingerprint density at radius 3 is 2.09 bits per heavy atom. The molecule has 0 aromatic rings. The molecule has 0 radical (unpaired) electrons. The Kier molecular flexibility index (Phi) is 4.60. The minimum atomic E-state index is -0.996. The van der Waals surface area contributed by atoms with Crippen LogP contribution in [0.2, 0.25) is 0 Å². The fraction of sp³-hybridized carbons (Fsp3) is 1.00.